The van der Waals surface area contributed by atoms with Crippen molar-refractivity contribution in [2.24, 2.45) is 0 Å². The average Bonchev–Trinajstić information content (AvgIpc) is 3.01. The molecule has 4 rings (SSSR count). The first-order chi connectivity index (χ1) is 24.6. The molecule has 286 valence electrons. The number of H-pyrrole nitrogens is 2. The van der Waals surface area contributed by atoms with Crippen LogP contribution in [0.15, 0.2) is 55.4 Å². The van der Waals surface area contributed by atoms with E-state index in [0.29, 0.717) is 27.9 Å². The van der Waals surface area contributed by atoms with Gasteiger partial charge in [0.2, 0.25) is 0 Å². The number of aryl methyl sites for hydroxylation is 4. The van der Waals surface area contributed by atoms with Gasteiger partial charge in [0.1, 0.15) is 0 Å². The van der Waals surface area contributed by atoms with Crippen LogP contribution in [-0.2, 0) is 22.9 Å². The van der Waals surface area contributed by atoms with Crippen LogP contribution in [0.3, 0.4) is 0 Å². The smallest absolute Gasteiger partial charge is 0.253 e. The molecule has 14 heteroatoms. The zero-order valence-corrected chi connectivity index (χ0v) is 34.7. The Hall–Kier alpha value is -4.69. The van der Waals surface area contributed by atoms with Crippen molar-refractivity contribution >= 4 is 49.0 Å². The number of anilines is 2. The van der Waals surface area contributed by atoms with Crippen molar-refractivity contribution in [1.82, 2.24) is 20.6 Å². The second-order valence-electron chi connectivity index (χ2n) is 13.9. The van der Waals surface area contributed by atoms with Crippen LogP contribution < -0.4 is 32.4 Å². The lowest BCUT2D eigenvalue weighted by Gasteiger charge is -2.17. The summed E-state index contributed by atoms with van der Waals surface area (Å²) in [6.07, 6.45) is 1.10. The van der Waals surface area contributed by atoms with Crippen molar-refractivity contribution in [3.63, 3.8) is 0 Å². The molecule has 0 atom stereocenters. The van der Waals surface area contributed by atoms with E-state index in [1.807, 2.05) is 73.6 Å². The van der Waals surface area contributed by atoms with Crippen molar-refractivity contribution in [3.8, 4) is 0 Å². The monoisotopic (exact) mass is 810 g/mol. The first-order valence-electron chi connectivity index (χ1n) is 17.2. The van der Waals surface area contributed by atoms with E-state index in [2.05, 4.69) is 47.2 Å². The number of carbonyl (C=O) groups excluding carboxylic acids is 2. The Morgan fingerprint density at radius 2 is 1.06 bits per heavy atom. The summed E-state index contributed by atoms with van der Waals surface area (Å²) in [6, 6.07) is 10.7. The van der Waals surface area contributed by atoms with Gasteiger partial charge in [-0.25, -0.2) is 8.42 Å². The first-order valence-corrected chi connectivity index (χ1v) is 19.9. The highest BCUT2D eigenvalue weighted by molar-refractivity contribution is 9.10. The molecular formula is C39H51BrN6O6S. The normalized spacial score (nSPS) is 11.2. The molecule has 0 aliphatic carbocycles. The number of aromatic nitrogens is 2. The van der Waals surface area contributed by atoms with Crippen LogP contribution in [0.2, 0.25) is 0 Å². The molecule has 0 bridgehead atoms. The number of nitrogens with one attached hydrogen (secondary N) is 6. The Balaban J connectivity index is 0.000000287. The third kappa shape index (κ3) is 11.6. The van der Waals surface area contributed by atoms with E-state index in [0.717, 1.165) is 44.5 Å². The number of halogens is 1. The molecular weight excluding hydrogens is 760 g/mol. The molecule has 0 saturated carbocycles. The molecule has 0 aliphatic heterocycles. The number of sulfone groups is 1. The molecule has 0 fully saturated rings. The number of aromatic amines is 2. The van der Waals surface area contributed by atoms with E-state index >= 15 is 0 Å². The summed E-state index contributed by atoms with van der Waals surface area (Å²) in [7, 11) is -3.49. The third-order valence-electron chi connectivity index (χ3n) is 8.40. The number of hydrogen-bond donors (Lipinski definition) is 6. The Kier molecular flexibility index (Phi) is 14.4. The van der Waals surface area contributed by atoms with E-state index < -0.39 is 15.7 Å². The van der Waals surface area contributed by atoms with Crippen LogP contribution in [0.1, 0.15) is 93.2 Å². The molecule has 0 radical (unpaired) electrons. The number of rotatable bonds is 11. The van der Waals surface area contributed by atoms with Gasteiger partial charge in [-0.15, -0.1) is 0 Å². The maximum Gasteiger partial charge on any atom is 0.253 e. The maximum atomic E-state index is 12.8. The lowest BCUT2D eigenvalue weighted by Crippen LogP contribution is -2.29. The molecule has 53 heavy (non-hydrogen) atoms. The van der Waals surface area contributed by atoms with E-state index in [-0.39, 0.29) is 52.7 Å². The molecule has 0 saturated heterocycles. The van der Waals surface area contributed by atoms with Crippen LogP contribution in [-0.4, -0.2) is 48.5 Å². The fourth-order valence-corrected chi connectivity index (χ4v) is 6.83. The first kappa shape index (κ1) is 42.7. The highest BCUT2D eigenvalue weighted by atomic mass is 79.9. The van der Waals surface area contributed by atoms with Crippen molar-refractivity contribution in [2.75, 3.05) is 16.9 Å². The highest BCUT2D eigenvalue weighted by Crippen LogP contribution is 2.27. The van der Waals surface area contributed by atoms with Gasteiger partial charge >= 0.3 is 0 Å². The predicted molar refractivity (Wildman–Crippen MR) is 216 cm³/mol. The minimum absolute atomic E-state index is 0.0514. The molecule has 2 aromatic heterocycles. The predicted octanol–water partition coefficient (Wildman–Crippen LogP) is 6.27. The van der Waals surface area contributed by atoms with Crippen molar-refractivity contribution in [1.29, 1.82) is 0 Å². The molecule has 0 aliphatic rings. The van der Waals surface area contributed by atoms with Gasteiger partial charge in [-0.1, -0.05) is 15.9 Å². The van der Waals surface area contributed by atoms with Crippen molar-refractivity contribution in [2.45, 2.75) is 99.3 Å². The van der Waals surface area contributed by atoms with E-state index in [9.17, 15) is 27.6 Å². The summed E-state index contributed by atoms with van der Waals surface area (Å²) in [6.45, 7) is 19.2. The molecule has 0 unspecified atom stereocenters. The van der Waals surface area contributed by atoms with Crippen LogP contribution in [0.4, 0.5) is 11.4 Å². The molecule has 2 amide bonds. The van der Waals surface area contributed by atoms with Gasteiger partial charge in [0.25, 0.3) is 22.9 Å². The molecule has 4 aromatic rings. The second kappa shape index (κ2) is 17.9. The largest absolute Gasteiger partial charge is 0.383 e. The summed E-state index contributed by atoms with van der Waals surface area (Å²) in [5, 5.41) is 12.1. The van der Waals surface area contributed by atoms with Crippen molar-refractivity contribution in [3.05, 3.63) is 117 Å². The van der Waals surface area contributed by atoms with E-state index in [1.54, 1.807) is 19.9 Å². The summed E-state index contributed by atoms with van der Waals surface area (Å²) >= 11 is 3.46. The molecule has 2 heterocycles. The zero-order chi connectivity index (χ0) is 39.9. The zero-order valence-electron chi connectivity index (χ0n) is 32.3. The maximum absolute atomic E-state index is 12.8. The number of pyridine rings is 2. The van der Waals surface area contributed by atoms with E-state index in [4.69, 9.17) is 0 Å². The Morgan fingerprint density at radius 1 is 0.660 bits per heavy atom. The fourth-order valence-electron chi connectivity index (χ4n) is 5.70. The fraction of sp³-hybridized carbons (Fsp3) is 0.385. The molecule has 6 N–H and O–H groups in total. The van der Waals surface area contributed by atoms with Gasteiger partial charge < -0.3 is 31.2 Å². The third-order valence-corrected chi connectivity index (χ3v) is 9.95. The van der Waals surface area contributed by atoms with Gasteiger partial charge in [-0.05, 0) is 128 Å². The molecule has 12 nitrogen and oxygen atoms in total. The van der Waals surface area contributed by atoms with Gasteiger partial charge in [-0.2, -0.15) is 0 Å². The lowest BCUT2D eigenvalue weighted by molar-refractivity contribution is 0.0942. The minimum atomic E-state index is -3.49. The summed E-state index contributed by atoms with van der Waals surface area (Å²) in [5.41, 5.74) is 7.72. The van der Waals surface area contributed by atoms with Crippen LogP contribution in [0, 0.1) is 41.5 Å². The standard InChI is InChI=1S/C20H27N3O4S.C19H24BrN3O2/c1-11(2)22-18-9-15(28(6,26)27)8-16(14(18)5)19(24)21-10-17-12(3)7-13(4)23-20(17)25;1-10(2)22-17-8-14(20)7-15(13(17)5)18(24)21-9-16-11(3)6-12(4)23-19(16)25/h7-9,11,22H,10H2,1-6H3,(H,21,24)(H,23,25);6-8,10,22H,9H2,1-5H3,(H,21,24)(H,23,25). The number of benzene rings is 2. The SMILES string of the molecule is Cc1cc(C)c(CNC(=O)c2cc(Br)cc(NC(C)C)c2C)c(=O)[nH]1.Cc1cc(C)c(CNC(=O)c2cc(S(C)(=O)=O)cc(NC(C)C)c2C)c(=O)[nH]1. The van der Waals surface area contributed by atoms with E-state index in [1.165, 1.54) is 12.1 Å². The molecule has 2 aromatic carbocycles. The number of hydrogen-bond acceptors (Lipinski definition) is 8. The quantitative estimate of drug-likeness (QED) is 0.103. The van der Waals surface area contributed by atoms with Gasteiger partial charge in [0.15, 0.2) is 9.84 Å². The Labute approximate surface area is 320 Å². The Bertz CT molecular complexity index is 2240. The number of amides is 2. The Morgan fingerprint density at radius 3 is 1.43 bits per heavy atom. The van der Waals surface area contributed by atoms with Gasteiger partial charge in [0, 0.05) is 80.9 Å². The van der Waals surface area contributed by atoms with Gasteiger partial charge in [-0.3, -0.25) is 19.2 Å². The summed E-state index contributed by atoms with van der Waals surface area (Å²) < 4.78 is 24.9. The second-order valence-corrected chi connectivity index (χ2v) is 16.8. The molecule has 0 spiro atoms. The topological polar surface area (TPSA) is 182 Å². The van der Waals surface area contributed by atoms with Gasteiger partial charge in [0.05, 0.1) is 4.90 Å². The van der Waals surface area contributed by atoms with Crippen LogP contribution in [0.5, 0.6) is 0 Å². The number of carbonyl (C=O) groups is 2. The minimum Gasteiger partial charge on any atom is -0.383 e. The summed E-state index contributed by atoms with van der Waals surface area (Å²) in [4.78, 5) is 55.2. The summed E-state index contributed by atoms with van der Waals surface area (Å²) in [5.74, 6) is -0.640. The van der Waals surface area contributed by atoms with Crippen LogP contribution in [0.25, 0.3) is 0 Å². The lowest BCUT2D eigenvalue weighted by atomic mass is 10.0. The average molecular weight is 812 g/mol. The van der Waals surface area contributed by atoms with Crippen molar-refractivity contribution < 1.29 is 18.0 Å². The highest BCUT2D eigenvalue weighted by Gasteiger charge is 2.20. The van der Waals surface area contributed by atoms with Crippen LogP contribution >= 0.6 is 15.9 Å².